The normalized spacial score (nSPS) is 13.1. The van der Waals surface area contributed by atoms with Crippen LogP contribution in [0.25, 0.3) is 0 Å². The van der Waals surface area contributed by atoms with Crippen LogP contribution in [0.5, 0.6) is 0 Å². The zero-order valence-electron chi connectivity index (χ0n) is 5.88. The molecule has 1 N–H and O–H groups in total. The number of halogens is 2. The molecule has 11 heavy (non-hydrogen) atoms. The van der Waals surface area contributed by atoms with Crippen LogP contribution in [0.15, 0.2) is 12.3 Å². The number of aliphatic hydroxyl groups is 1. The second kappa shape index (κ2) is 3.15. The minimum absolute atomic E-state index is 0.123. The lowest BCUT2D eigenvalue weighted by atomic mass is 10.2. The van der Waals surface area contributed by atoms with Crippen LogP contribution >= 0.6 is 11.6 Å². The Morgan fingerprint density at radius 1 is 1.73 bits per heavy atom. The van der Waals surface area contributed by atoms with Gasteiger partial charge in [-0.2, -0.15) is 4.39 Å². The molecule has 0 fully saturated rings. The molecule has 4 heteroatoms. The van der Waals surface area contributed by atoms with Gasteiger partial charge in [0.2, 0.25) is 5.95 Å². The summed E-state index contributed by atoms with van der Waals surface area (Å²) in [7, 11) is 0. The van der Waals surface area contributed by atoms with Gasteiger partial charge in [-0.05, 0) is 13.0 Å². The maximum absolute atomic E-state index is 12.7. The van der Waals surface area contributed by atoms with Crippen LogP contribution in [0.1, 0.15) is 18.6 Å². The Hall–Kier alpha value is -0.670. The smallest absolute Gasteiger partial charge is 0.218 e. The first-order valence-corrected chi connectivity index (χ1v) is 3.48. The highest BCUT2D eigenvalue weighted by molar-refractivity contribution is 6.30. The van der Waals surface area contributed by atoms with Crippen molar-refractivity contribution in [3.05, 3.63) is 28.8 Å². The van der Waals surface area contributed by atoms with Gasteiger partial charge in [0.25, 0.3) is 0 Å². The van der Waals surface area contributed by atoms with Gasteiger partial charge < -0.3 is 5.11 Å². The van der Waals surface area contributed by atoms with Crippen LogP contribution in [0, 0.1) is 5.95 Å². The van der Waals surface area contributed by atoms with Gasteiger partial charge in [0.05, 0.1) is 11.1 Å². The molecule has 0 spiro atoms. The Labute approximate surface area is 68.6 Å². The van der Waals surface area contributed by atoms with Gasteiger partial charge in [-0.25, -0.2) is 4.98 Å². The Morgan fingerprint density at radius 2 is 2.36 bits per heavy atom. The minimum atomic E-state index is -0.874. The van der Waals surface area contributed by atoms with Crippen molar-refractivity contribution < 1.29 is 9.50 Å². The van der Waals surface area contributed by atoms with Gasteiger partial charge >= 0.3 is 0 Å². The highest BCUT2D eigenvalue weighted by atomic mass is 35.5. The Kier molecular flexibility index (Phi) is 2.42. The molecule has 0 amide bonds. The monoisotopic (exact) mass is 175 g/mol. The highest BCUT2D eigenvalue weighted by Gasteiger charge is 2.08. The number of pyridine rings is 1. The van der Waals surface area contributed by atoms with E-state index in [1.54, 1.807) is 0 Å². The molecule has 1 atom stereocenters. The van der Waals surface area contributed by atoms with E-state index in [0.29, 0.717) is 5.02 Å². The summed E-state index contributed by atoms with van der Waals surface area (Å²) in [6.45, 7) is 1.45. The number of nitrogens with zero attached hydrogens (tertiary/aromatic N) is 1. The van der Waals surface area contributed by atoms with E-state index in [0.717, 1.165) is 0 Å². The molecule has 2 nitrogen and oxygen atoms in total. The fraction of sp³-hybridized carbons (Fsp3) is 0.286. The van der Waals surface area contributed by atoms with Crippen molar-refractivity contribution in [3.8, 4) is 0 Å². The van der Waals surface area contributed by atoms with Crippen LogP contribution in [-0.2, 0) is 0 Å². The molecule has 0 bridgehead atoms. The third kappa shape index (κ3) is 1.88. The number of hydrogen-bond donors (Lipinski definition) is 1. The van der Waals surface area contributed by atoms with Crippen molar-refractivity contribution in [1.82, 2.24) is 4.98 Å². The zero-order valence-corrected chi connectivity index (χ0v) is 6.64. The highest BCUT2D eigenvalue weighted by Crippen LogP contribution is 2.18. The average molecular weight is 176 g/mol. The number of aliphatic hydroxyl groups excluding tert-OH is 1. The molecule has 0 saturated carbocycles. The van der Waals surface area contributed by atoms with Gasteiger partial charge in [0.1, 0.15) is 0 Å². The third-order valence-electron chi connectivity index (χ3n) is 1.28. The van der Waals surface area contributed by atoms with E-state index in [1.807, 2.05) is 0 Å². The van der Waals surface area contributed by atoms with Crippen molar-refractivity contribution in [2.75, 3.05) is 0 Å². The number of hydrogen-bond acceptors (Lipinski definition) is 2. The lowest BCUT2D eigenvalue weighted by molar-refractivity contribution is 0.193. The van der Waals surface area contributed by atoms with Gasteiger partial charge in [0, 0.05) is 11.8 Å². The second-order valence-electron chi connectivity index (χ2n) is 2.21. The summed E-state index contributed by atoms with van der Waals surface area (Å²) in [4.78, 5) is 3.34. The van der Waals surface area contributed by atoms with Crippen molar-refractivity contribution in [3.63, 3.8) is 0 Å². The zero-order chi connectivity index (χ0) is 8.43. The maximum atomic E-state index is 12.7. The Morgan fingerprint density at radius 3 is 2.82 bits per heavy atom. The van der Waals surface area contributed by atoms with Crippen LogP contribution < -0.4 is 0 Å². The molecule has 0 radical (unpaired) electrons. The summed E-state index contributed by atoms with van der Waals surface area (Å²) in [5.74, 6) is -0.676. The summed E-state index contributed by atoms with van der Waals surface area (Å²) in [6, 6.07) is 1.36. The van der Waals surface area contributed by atoms with Crippen LogP contribution in [0.4, 0.5) is 4.39 Å². The average Bonchev–Trinajstić information content (AvgIpc) is 1.94. The van der Waals surface area contributed by atoms with Gasteiger partial charge in [-0.3, -0.25) is 0 Å². The molecule has 0 unspecified atom stereocenters. The number of aromatic nitrogens is 1. The molecule has 60 valence electrons. The van der Waals surface area contributed by atoms with Crippen molar-refractivity contribution in [2.45, 2.75) is 13.0 Å². The molecule has 0 saturated heterocycles. The molecule has 0 aliphatic carbocycles. The van der Waals surface area contributed by atoms with Crippen molar-refractivity contribution in [2.24, 2.45) is 0 Å². The third-order valence-corrected chi connectivity index (χ3v) is 1.49. The van der Waals surface area contributed by atoms with Crippen LogP contribution in [-0.4, -0.2) is 10.1 Å². The largest absolute Gasteiger partial charge is 0.389 e. The molecular formula is C7H7ClFNO. The molecule has 0 aliphatic heterocycles. The van der Waals surface area contributed by atoms with Crippen LogP contribution in [0.3, 0.4) is 0 Å². The second-order valence-corrected chi connectivity index (χ2v) is 2.65. The predicted octanol–water partition coefficient (Wildman–Crippen LogP) is 1.93. The fourth-order valence-electron chi connectivity index (χ4n) is 0.731. The quantitative estimate of drug-likeness (QED) is 0.662. The molecule has 1 aromatic rings. The lowest BCUT2D eigenvalue weighted by Gasteiger charge is -2.04. The van der Waals surface area contributed by atoms with E-state index in [2.05, 4.69) is 4.98 Å². The molecule has 1 aromatic heterocycles. The maximum Gasteiger partial charge on any atom is 0.218 e. The summed E-state index contributed by atoms with van der Waals surface area (Å²) < 4.78 is 12.7. The number of rotatable bonds is 1. The fourth-order valence-corrected chi connectivity index (χ4v) is 0.898. The first-order chi connectivity index (χ1) is 5.11. The van der Waals surface area contributed by atoms with E-state index in [9.17, 15) is 4.39 Å². The van der Waals surface area contributed by atoms with E-state index in [-0.39, 0.29) is 5.56 Å². The van der Waals surface area contributed by atoms with E-state index >= 15 is 0 Å². The van der Waals surface area contributed by atoms with Gasteiger partial charge in [0.15, 0.2) is 0 Å². The van der Waals surface area contributed by atoms with Crippen LogP contribution in [0.2, 0.25) is 5.02 Å². The topological polar surface area (TPSA) is 33.1 Å². The first kappa shape index (κ1) is 8.43. The van der Waals surface area contributed by atoms with Crippen molar-refractivity contribution in [1.29, 1.82) is 0 Å². The Bertz CT molecular complexity index is 265. The first-order valence-electron chi connectivity index (χ1n) is 3.10. The molecule has 1 rings (SSSR count). The minimum Gasteiger partial charge on any atom is -0.389 e. The van der Waals surface area contributed by atoms with Gasteiger partial charge in [-0.1, -0.05) is 11.6 Å². The summed E-state index contributed by atoms with van der Waals surface area (Å²) >= 11 is 5.52. The Balaban J connectivity index is 3.13. The summed E-state index contributed by atoms with van der Waals surface area (Å²) in [5.41, 5.74) is 0.123. The van der Waals surface area contributed by atoms with E-state index < -0.39 is 12.1 Å². The summed E-state index contributed by atoms with van der Waals surface area (Å²) in [5, 5.41) is 9.31. The molecule has 0 aromatic carbocycles. The summed E-state index contributed by atoms with van der Waals surface area (Å²) in [6.07, 6.45) is 0.323. The van der Waals surface area contributed by atoms with E-state index in [4.69, 9.17) is 16.7 Å². The molecular weight excluding hydrogens is 169 g/mol. The molecule has 1 heterocycles. The predicted molar refractivity (Wildman–Crippen MR) is 39.8 cm³/mol. The SMILES string of the molecule is C[C@@H](O)c1cc(Cl)cnc1F. The standard InChI is InChI=1S/C7H7ClFNO/c1-4(11)6-2-5(8)3-10-7(6)9/h2-4,11H,1H3/t4-/m1/s1. The lowest BCUT2D eigenvalue weighted by Crippen LogP contribution is -1.97. The van der Waals surface area contributed by atoms with Gasteiger partial charge in [-0.15, -0.1) is 0 Å². The van der Waals surface area contributed by atoms with E-state index in [1.165, 1.54) is 19.2 Å². The van der Waals surface area contributed by atoms with Crippen molar-refractivity contribution >= 4 is 11.6 Å². The molecule has 0 aliphatic rings.